The van der Waals surface area contributed by atoms with Crippen LogP contribution in [0.25, 0.3) is 0 Å². The van der Waals surface area contributed by atoms with E-state index in [0.29, 0.717) is 5.69 Å². The van der Waals surface area contributed by atoms with E-state index in [2.05, 4.69) is 19.7 Å². The van der Waals surface area contributed by atoms with Gasteiger partial charge in [-0.1, -0.05) is 6.42 Å². The average molecular weight is 288 g/mol. The van der Waals surface area contributed by atoms with Crippen molar-refractivity contribution in [3.63, 3.8) is 0 Å². The Morgan fingerprint density at radius 1 is 1.25 bits per heavy atom. The van der Waals surface area contributed by atoms with E-state index in [1.54, 1.807) is 24.0 Å². The minimum Gasteiger partial charge on any atom is -0.382 e. The number of fused-ring (bicyclic) bond motifs is 1. The number of hydrogen-bond acceptors (Lipinski definition) is 5. The van der Waals surface area contributed by atoms with Crippen molar-refractivity contribution < 1.29 is 0 Å². The van der Waals surface area contributed by atoms with Crippen molar-refractivity contribution in [1.82, 2.24) is 19.7 Å². The first-order chi connectivity index (χ1) is 9.74. The SMILES string of the molecule is N=C(N)c1ccc(Sc2nnc3n2CCCCC3)cn1. The van der Waals surface area contributed by atoms with Crippen molar-refractivity contribution >= 4 is 17.6 Å². The van der Waals surface area contributed by atoms with Gasteiger partial charge in [0, 0.05) is 24.1 Å². The number of nitrogens with two attached hydrogens (primary N) is 1. The number of aryl methyl sites for hydroxylation is 1. The molecular formula is C13H16N6S. The van der Waals surface area contributed by atoms with E-state index >= 15 is 0 Å². The summed E-state index contributed by atoms with van der Waals surface area (Å²) in [6.07, 6.45) is 6.36. The molecule has 6 nitrogen and oxygen atoms in total. The quantitative estimate of drug-likeness (QED) is 0.664. The number of pyridine rings is 1. The summed E-state index contributed by atoms with van der Waals surface area (Å²) in [6.45, 7) is 0.990. The van der Waals surface area contributed by atoms with Gasteiger partial charge in [0.05, 0.1) is 0 Å². The Labute approximate surface area is 121 Å². The Hall–Kier alpha value is -1.89. The largest absolute Gasteiger partial charge is 0.382 e. The zero-order chi connectivity index (χ0) is 13.9. The molecule has 0 spiro atoms. The number of nitrogens with zero attached hydrogens (tertiary/aromatic N) is 4. The molecule has 20 heavy (non-hydrogen) atoms. The van der Waals surface area contributed by atoms with E-state index in [-0.39, 0.29) is 5.84 Å². The van der Waals surface area contributed by atoms with E-state index in [4.69, 9.17) is 11.1 Å². The molecule has 2 aromatic heterocycles. The maximum Gasteiger partial charge on any atom is 0.196 e. The van der Waals surface area contributed by atoms with Crippen LogP contribution in [0.3, 0.4) is 0 Å². The van der Waals surface area contributed by atoms with Crippen LogP contribution in [0.15, 0.2) is 28.4 Å². The van der Waals surface area contributed by atoms with E-state index in [1.807, 2.05) is 6.07 Å². The molecule has 1 aliphatic rings. The lowest BCUT2D eigenvalue weighted by Gasteiger charge is -2.06. The van der Waals surface area contributed by atoms with Gasteiger partial charge in [0.25, 0.3) is 0 Å². The summed E-state index contributed by atoms with van der Waals surface area (Å²) in [4.78, 5) is 5.14. The molecule has 1 aliphatic heterocycles. The third-order valence-electron chi connectivity index (χ3n) is 3.30. The van der Waals surface area contributed by atoms with E-state index < -0.39 is 0 Å². The molecule has 0 amide bonds. The van der Waals surface area contributed by atoms with Crippen LogP contribution >= 0.6 is 11.8 Å². The summed E-state index contributed by atoms with van der Waals surface area (Å²) in [5.41, 5.74) is 5.89. The number of rotatable bonds is 3. The molecule has 104 valence electrons. The first-order valence-corrected chi connectivity index (χ1v) is 7.46. The molecule has 3 N–H and O–H groups in total. The molecule has 0 fully saturated rings. The van der Waals surface area contributed by atoms with E-state index in [0.717, 1.165) is 28.8 Å². The molecule has 3 heterocycles. The van der Waals surface area contributed by atoms with Gasteiger partial charge in [-0.25, -0.2) is 0 Å². The second kappa shape index (κ2) is 5.62. The lowest BCUT2D eigenvalue weighted by atomic mass is 10.2. The third-order valence-corrected chi connectivity index (χ3v) is 4.26. The van der Waals surface area contributed by atoms with Crippen molar-refractivity contribution in [1.29, 1.82) is 5.41 Å². The standard InChI is InChI=1S/C13H16N6S/c14-12(15)10-6-5-9(8-16-10)20-13-18-17-11-4-2-1-3-7-19(11)13/h5-6,8H,1-4,7H2,(H3,14,15). The van der Waals surface area contributed by atoms with Crippen molar-refractivity contribution in [3.05, 3.63) is 29.8 Å². The third kappa shape index (κ3) is 2.67. The number of aromatic nitrogens is 4. The highest BCUT2D eigenvalue weighted by Gasteiger charge is 2.15. The minimum atomic E-state index is -0.0158. The highest BCUT2D eigenvalue weighted by Crippen LogP contribution is 2.28. The first-order valence-electron chi connectivity index (χ1n) is 6.64. The molecule has 0 radical (unpaired) electrons. The summed E-state index contributed by atoms with van der Waals surface area (Å²) in [5.74, 6) is 1.07. The lowest BCUT2D eigenvalue weighted by Crippen LogP contribution is -2.12. The van der Waals surface area contributed by atoms with Crippen molar-refractivity contribution in [2.75, 3.05) is 0 Å². The Morgan fingerprint density at radius 3 is 2.90 bits per heavy atom. The number of hydrogen-bond donors (Lipinski definition) is 2. The van der Waals surface area contributed by atoms with Crippen LogP contribution in [0, 0.1) is 5.41 Å². The van der Waals surface area contributed by atoms with Gasteiger partial charge < -0.3 is 10.3 Å². The Morgan fingerprint density at radius 2 is 2.15 bits per heavy atom. The lowest BCUT2D eigenvalue weighted by molar-refractivity contribution is 0.591. The van der Waals surface area contributed by atoms with Gasteiger partial charge in [-0.05, 0) is 36.7 Å². The highest BCUT2D eigenvalue weighted by atomic mass is 32.2. The van der Waals surface area contributed by atoms with Crippen molar-refractivity contribution in [2.45, 2.75) is 42.3 Å². The molecule has 3 rings (SSSR count). The monoisotopic (exact) mass is 288 g/mol. The fourth-order valence-electron chi connectivity index (χ4n) is 2.24. The zero-order valence-corrected chi connectivity index (χ0v) is 11.9. The zero-order valence-electron chi connectivity index (χ0n) is 11.0. The van der Waals surface area contributed by atoms with Gasteiger partial charge in [-0.2, -0.15) is 0 Å². The predicted molar refractivity (Wildman–Crippen MR) is 77.0 cm³/mol. The number of amidine groups is 1. The summed E-state index contributed by atoms with van der Waals surface area (Å²) in [5, 5.41) is 16.8. The van der Waals surface area contributed by atoms with Crippen LogP contribution < -0.4 is 5.73 Å². The summed E-state index contributed by atoms with van der Waals surface area (Å²) in [7, 11) is 0. The van der Waals surface area contributed by atoms with Gasteiger partial charge in [0.15, 0.2) is 5.16 Å². The second-order valence-electron chi connectivity index (χ2n) is 4.76. The van der Waals surface area contributed by atoms with Gasteiger partial charge in [-0.3, -0.25) is 10.4 Å². The Balaban J connectivity index is 1.81. The summed E-state index contributed by atoms with van der Waals surface area (Å²) < 4.78 is 2.20. The van der Waals surface area contributed by atoms with Gasteiger partial charge in [-0.15, -0.1) is 10.2 Å². The number of nitrogen functional groups attached to an aromatic ring is 1. The predicted octanol–water partition coefficient (Wildman–Crippen LogP) is 1.83. The van der Waals surface area contributed by atoms with E-state index in [1.165, 1.54) is 19.3 Å². The summed E-state index contributed by atoms with van der Waals surface area (Å²) in [6, 6.07) is 3.66. The Kier molecular flexibility index (Phi) is 3.68. The van der Waals surface area contributed by atoms with Crippen LogP contribution in [0.4, 0.5) is 0 Å². The van der Waals surface area contributed by atoms with Crippen molar-refractivity contribution in [2.24, 2.45) is 5.73 Å². The molecule has 7 heteroatoms. The fourth-order valence-corrected chi connectivity index (χ4v) is 3.08. The molecule has 0 saturated carbocycles. The highest BCUT2D eigenvalue weighted by molar-refractivity contribution is 7.99. The smallest absolute Gasteiger partial charge is 0.196 e. The number of nitrogens with one attached hydrogen (secondary N) is 1. The van der Waals surface area contributed by atoms with Crippen LogP contribution in [-0.2, 0) is 13.0 Å². The molecule has 0 saturated heterocycles. The van der Waals surface area contributed by atoms with Gasteiger partial charge in [0.1, 0.15) is 17.4 Å². The van der Waals surface area contributed by atoms with Crippen LogP contribution in [0.1, 0.15) is 30.8 Å². The maximum absolute atomic E-state index is 7.33. The minimum absolute atomic E-state index is 0.0158. The van der Waals surface area contributed by atoms with Crippen LogP contribution in [-0.4, -0.2) is 25.6 Å². The second-order valence-corrected chi connectivity index (χ2v) is 5.80. The van der Waals surface area contributed by atoms with Crippen molar-refractivity contribution in [3.8, 4) is 0 Å². The maximum atomic E-state index is 7.33. The molecule has 0 unspecified atom stereocenters. The normalized spacial score (nSPS) is 14.6. The average Bonchev–Trinajstić information content (AvgIpc) is 2.69. The molecule has 0 atom stereocenters. The molecule has 0 aliphatic carbocycles. The van der Waals surface area contributed by atoms with Gasteiger partial charge in [0.2, 0.25) is 0 Å². The molecule has 0 aromatic carbocycles. The molecule has 2 aromatic rings. The molecule has 0 bridgehead atoms. The summed E-state index contributed by atoms with van der Waals surface area (Å²) >= 11 is 1.55. The van der Waals surface area contributed by atoms with Crippen LogP contribution in [0.2, 0.25) is 0 Å². The first kappa shape index (κ1) is 13.1. The Bertz CT molecular complexity index is 618. The van der Waals surface area contributed by atoms with Crippen LogP contribution in [0.5, 0.6) is 0 Å². The topological polar surface area (TPSA) is 93.5 Å². The fraction of sp³-hybridized carbons (Fsp3) is 0.385. The molecular weight excluding hydrogens is 272 g/mol. The van der Waals surface area contributed by atoms with Gasteiger partial charge >= 0.3 is 0 Å². The van der Waals surface area contributed by atoms with E-state index in [9.17, 15) is 0 Å².